The molecule has 0 bridgehead atoms. The zero-order valence-corrected chi connectivity index (χ0v) is 17.5. The van der Waals surface area contributed by atoms with Gasteiger partial charge in [0.1, 0.15) is 12.0 Å². The molecule has 0 saturated carbocycles. The Morgan fingerprint density at radius 3 is 2.72 bits per heavy atom. The van der Waals surface area contributed by atoms with Crippen LogP contribution in [0.5, 0.6) is 0 Å². The molecule has 10 nitrogen and oxygen atoms in total. The van der Waals surface area contributed by atoms with Gasteiger partial charge in [-0.15, -0.1) is 5.10 Å². The fraction of sp³-hybridized carbons (Fsp3) is 0.273. The number of piperidine rings is 1. The molecule has 1 aromatic carbocycles. The Bertz CT molecular complexity index is 1480. The third-order valence-corrected chi connectivity index (χ3v) is 6.24. The van der Waals surface area contributed by atoms with E-state index in [-0.39, 0.29) is 5.69 Å². The first-order chi connectivity index (χ1) is 15.7. The topological polar surface area (TPSA) is 121 Å². The molecule has 5 aromatic rings. The first-order valence-electron chi connectivity index (χ1n) is 10.6. The molecular formula is C22H21N9O. The molecule has 0 spiro atoms. The van der Waals surface area contributed by atoms with Crippen molar-refractivity contribution < 1.29 is 0 Å². The monoisotopic (exact) mass is 427 g/mol. The number of benzene rings is 1. The molecule has 0 aliphatic carbocycles. The third kappa shape index (κ3) is 3.03. The van der Waals surface area contributed by atoms with E-state index in [0.29, 0.717) is 11.6 Å². The number of anilines is 1. The molecule has 1 fully saturated rings. The van der Waals surface area contributed by atoms with Crippen LogP contribution in [0.4, 0.5) is 5.82 Å². The average Bonchev–Trinajstić information content (AvgIpc) is 3.38. The number of nitrogens with zero attached hydrogens (tertiary/aromatic N) is 7. The van der Waals surface area contributed by atoms with Crippen molar-refractivity contribution in [1.29, 1.82) is 0 Å². The maximum absolute atomic E-state index is 11.6. The molecule has 6 rings (SSSR count). The zero-order valence-electron chi connectivity index (χ0n) is 17.5. The Morgan fingerprint density at radius 2 is 1.91 bits per heavy atom. The summed E-state index contributed by atoms with van der Waals surface area (Å²) in [5, 5.41) is 8.17. The van der Waals surface area contributed by atoms with Crippen LogP contribution in [0.3, 0.4) is 0 Å². The summed E-state index contributed by atoms with van der Waals surface area (Å²) < 4.78 is 1.93. The van der Waals surface area contributed by atoms with Crippen molar-refractivity contribution in [2.45, 2.75) is 18.8 Å². The van der Waals surface area contributed by atoms with E-state index in [1.165, 1.54) is 5.56 Å². The fourth-order valence-electron chi connectivity index (χ4n) is 4.60. The van der Waals surface area contributed by atoms with Gasteiger partial charge < -0.3 is 19.4 Å². The van der Waals surface area contributed by atoms with Gasteiger partial charge in [0.2, 0.25) is 0 Å². The van der Waals surface area contributed by atoms with Gasteiger partial charge in [0.25, 0.3) is 0 Å². The molecule has 10 heteroatoms. The van der Waals surface area contributed by atoms with Gasteiger partial charge in [-0.05, 0) is 48.6 Å². The van der Waals surface area contributed by atoms with E-state index < -0.39 is 0 Å². The highest BCUT2D eigenvalue weighted by Crippen LogP contribution is 2.33. The molecule has 0 unspecified atom stereocenters. The predicted molar refractivity (Wildman–Crippen MR) is 120 cm³/mol. The van der Waals surface area contributed by atoms with Gasteiger partial charge >= 0.3 is 5.69 Å². The molecule has 2 N–H and O–H groups in total. The van der Waals surface area contributed by atoms with Crippen LogP contribution in [0, 0.1) is 0 Å². The summed E-state index contributed by atoms with van der Waals surface area (Å²) in [7, 11) is 1.93. The van der Waals surface area contributed by atoms with Crippen LogP contribution >= 0.6 is 0 Å². The molecule has 160 valence electrons. The maximum Gasteiger partial charge on any atom is 0.323 e. The van der Waals surface area contributed by atoms with Gasteiger partial charge in [-0.3, -0.25) is 0 Å². The SMILES string of the molecule is Cn1c(-c2cccnn2)nc2c(N3CCC(c4ccc5[nH]c(=O)[nH]c5c4)CC3)ncnc21. The number of aromatic amines is 2. The smallest absolute Gasteiger partial charge is 0.323 e. The van der Waals surface area contributed by atoms with Gasteiger partial charge in [0.15, 0.2) is 22.8 Å². The third-order valence-electron chi connectivity index (χ3n) is 6.24. The standard InChI is InChI=1S/C22H21N9O/c1-30-19(16-3-2-8-25-29-16)28-18-20(30)23-12-24-21(18)31-9-6-13(7-10-31)14-4-5-15-17(11-14)27-22(32)26-15/h2-5,8,11-13H,6-7,9-10H2,1H3,(H2,26,27,32). The number of aromatic nitrogens is 8. The number of H-pyrrole nitrogens is 2. The molecule has 32 heavy (non-hydrogen) atoms. The van der Waals surface area contributed by atoms with Crippen LogP contribution in [-0.4, -0.2) is 52.8 Å². The van der Waals surface area contributed by atoms with Crippen molar-refractivity contribution >= 4 is 28.0 Å². The summed E-state index contributed by atoms with van der Waals surface area (Å²) in [6, 6.07) is 9.91. The Hall–Kier alpha value is -4.08. The second-order valence-corrected chi connectivity index (χ2v) is 8.12. The first-order valence-corrected chi connectivity index (χ1v) is 10.6. The molecule has 4 aromatic heterocycles. The molecular weight excluding hydrogens is 406 g/mol. The number of aryl methyl sites for hydroxylation is 1. The van der Waals surface area contributed by atoms with Crippen LogP contribution in [0.1, 0.15) is 24.3 Å². The lowest BCUT2D eigenvalue weighted by atomic mass is 9.89. The molecule has 1 aliphatic rings. The number of hydrogen-bond acceptors (Lipinski definition) is 7. The number of imidazole rings is 2. The fourth-order valence-corrected chi connectivity index (χ4v) is 4.60. The van der Waals surface area contributed by atoms with Crippen LogP contribution in [-0.2, 0) is 7.05 Å². The quantitative estimate of drug-likeness (QED) is 0.453. The molecule has 1 aliphatic heterocycles. The highest BCUT2D eigenvalue weighted by Gasteiger charge is 2.25. The maximum atomic E-state index is 11.6. The Morgan fingerprint density at radius 1 is 1.06 bits per heavy atom. The molecule has 0 atom stereocenters. The summed E-state index contributed by atoms with van der Waals surface area (Å²) in [4.78, 5) is 33.4. The summed E-state index contributed by atoms with van der Waals surface area (Å²) in [6.45, 7) is 1.74. The second-order valence-electron chi connectivity index (χ2n) is 8.12. The first kappa shape index (κ1) is 18.7. The highest BCUT2D eigenvalue weighted by molar-refractivity contribution is 5.86. The van der Waals surface area contributed by atoms with Crippen molar-refractivity contribution in [1.82, 2.24) is 39.7 Å². The van der Waals surface area contributed by atoms with E-state index in [1.807, 2.05) is 29.8 Å². The Balaban J connectivity index is 1.28. The van der Waals surface area contributed by atoms with Gasteiger partial charge in [-0.25, -0.2) is 19.7 Å². The highest BCUT2D eigenvalue weighted by atomic mass is 16.1. The average molecular weight is 427 g/mol. The van der Waals surface area contributed by atoms with Crippen LogP contribution in [0.2, 0.25) is 0 Å². The van der Waals surface area contributed by atoms with E-state index in [9.17, 15) is 4.79 Å². The largest absolute Gasteiger partial charge is 0.355 e. The van der Waals surface area contributed by atoms with E-state index >= 15 is 0 Å². The predicted octanol–water partition coefficient (Wildman–Crippen LogP) is 2.37. The lowest BCUT2D eigenvalue weighted by Gasteiger charge is -2.33. The molecule has 0 radical (unpaired) electrons. The summed E-state index contributed by atoms with van der Waals surface area (Å²) in [6.07, 6.45) is 5.24. The zero-order chi connectivity index (χ0) is 21.7. The van der Waals surface area contributed by atoms with Crippen LogP contribution in [0.25, 0.3) is 33.7 Å². The van der Waals surface area contributed by atoms with E-state index in [1.54, 1.807) is 12.5 Å². The summed E-state index contributed by atoms with van der Waals surface area (Å²) >= 11 is 0. The van der Waals surface area contributed by atoms with Gasteiger partial charge in [-0.1, -0.05) is 6.07 Å². The van der Waals surface area contributed by atoms with Crippen molar-refractivity contribution in [3.05, 3.63) is 58.9 Å². The van der Waals surface area contributed by atoms with Gasteiger partial charge in [0.05, 0.1) is 11.0 Å². The minimum absolute atomic E-state index is 0.170. The van der Waals surface area contributed by atoms with E-state index in [2.05, 4.69) is 47.2 Å². The number of nitrogens with one attached hydrogen (secondary N) is 2. The van der Waals surface area contributed by atoms with Crippen LogP contribution < -0.4 is 10.6 Å². The van der Waals surface area contributed by atoms with E-state index in [4.69, 9.17) is 4.98 Å². The molecule has 0 amide bonds. The Kier molecular flexibility index (Phi) is 4.23. The lowest BCUT2D eigenvalue weighted by molar-refractivity contribution is 0.503. The number of rotatable bonds is 3. The van der Waals surface area contributed by atoms with Crippen LogP contribution in [0.15, 0.2) is 47.7 Å². The molecule has 1 saturated heterocycles. The lowest BCUT2D eigenvalue weighted by Crippen LogP contribution is -2.33. The Labute approximate surface area is 182 Å². The van der Waals surface area contributed by atoms with Crippen molar-refractivity contribution in [3.8, 4) is 11.5 Å². The number of fused-ring (bicyclic) bond motifs is 2. The minimum Gasteiger partial charge on any atom is -0.355 e. The van der Waals surface area contributed by atoms with Gasteiger partial charge in [0, 0.05) is 26.3 Å². The second kappa shape index (κ2) is 7.26. The van der Waals surface area contributed by atoms with E-state index in [0.717, 1.165) is 59.8 Å². The minimum atomic E-state index is -0.170. The van der Waals surface area contributed by atoms with Gasteiger partial charge in [-0.2, -0.15) is 5.10 Å². The number of hydrogen-bond donors (Lipinski definition) is 2. The van der Waals surface area contributed by atoms with Crippen molar-refractivity contribution in [3.63, 3.8) is 0 Å². The normalized spacial score (nSPS) is 15.1. The van der Waals surface area contributed by atoms with Crippen molar-refractivity contribution in [2.75, 3.05) is 18.0 Å². The summed E-state index contributed by atoms with van der Waals surface area (Å²) in [5.74, 6) is 2.01. The summed E-state index contributed by atoms with van der Waals surface area (Å²) in [5.41, 5.74) is 5.04. The van der Waals surface area contributed by atoms with Crippen molar-refractivity contribution in [2.24, 2.45) is 7.05 Å². The molecule has 5 heterocycles.